The highest BCUT2D eigenvalue weighted by molar-refractivity contribution is 5.89. The molecular weight excluding hydrogens is 262 g/mol. The first-order valence-corrected chi connectivity index (χ1v) is 6.41. The largest absolute Gasteiger partial charge is 0.491 e. The second-order valence-corrected chi connectivity index (χ2v) is 4.41. The first-order valence-electron chi connectivity index (χ1n) is 6.41. The monoisotopic (exact) mass is 279 g/mol. The SMILES string of the molecule is CC(=O)NCCOC(=O)c1ccc(OCC2CO2)cc1. The Bertz CT molecular complexity index is 467. The molecule has 1 aliphatic heterocycles. The lowest BCUT2D eigenvalue weighted by Crippen LogP contribution is -2.25. The summed E-state index contributed by atoms with van der Waals surface area (Å²) < 4.78 is 15.5. The molecule has 0 saturated carbocycles. The number of epoxide rings is 1. The second kappa shape index (κ2) is 6.91. The molecule has 0 aliphatic carbocycles. The Balaban J connectivity index is 1.73. The molecule has 2 rings (SSSR count). The van der Waals surface area contributed by atoms with Gasteiger partial charge in [-0.2, -0.15) is 0 Å². The van der Waals surface area contributed by atoms with Gasteiger partial charge >= 0.3 is 5.97 Å². The summed E-state index contributed by atoms with van der Waals surface area (Å²) in [4.78, 5) is 22.3. The number of nitrogens with one attached hydrogen (secondary N) is 1. The van der Waals surface area contributed by atoms with Crippen molar-refractivity contribution in [1.29, 1.82) is 0 Å². The van der Waals surface area contributed by atoms with Crippen LogP contribution in [-0.4, -0.2) is 44.3 Å². The summed E-state index contributed by atoms with van der Waals surface area (Å²) in [5.74, 6) is 0.116. The predicted octanol–water partition coefficient (Wildman–Crippen LogP) is 0.757. The van der Waals surface area contributed by atoms with Crippen molar-refractivity contribution in [1.82, 2.24) is 5.32 Å². The zero-order valence-electron chi connectivity index (χ0n) is 11.3. The van der Waals surface area contributed by atoms with Crippen LogP contribution in [0.15, 0.2) is 24.3 Å². The van der Waals surface area contributed by atoms with E-state index in [1.54, 1.807) is 24.3 Å². The summed E-state index contributed by atoms with van der Waals surface area (Å²) >= 11 is 0. The van der Waals surface area contributed by atoms with Gasteiger partial charge in [-0.25, -0.2) is 4.79 Å². The molecule has 0 spiro atoms. The van der Waals surface area contributed by atoms with Crippen molar-refractivity contribution >= 4 is 11.9 Å². The third-order valence-electron chi connectivity index (χ3n) is 2.64. The van der Waals surface area contributed by atoms with E-state index in [0.29, 0.717) is 24.5 Å². The topological polar surface area (TPSA) is 77.2 Å². The first kappa shape index (κ1) is 14.3. The first-order chi connectivity index (χ1) is 9.65. The van der Waals surface area contributed by atoms with Gasteiger partial charge in [0, 0.05) is 6.92 Å². The maximum Gasteiger partial charge on any atom is 0.338 e. The van der Waals surface area contributed by atoms with Crippen LogP contribution in [0.2, 0.25) is 0 Å². The van der Waals surface area contributed by atoms with E-state index in [9.17, 15) is 9.59 Å². The molecule has 1 aromatic carbocycles. The molecule has 1 saturated heterocycles. The fourth-order valence-electron chi connectivity index (χ4n) is 1.49. The minimum absolute atomic E-state index is 0.148. The van der Waals surface area contributed by atoms with E-state index >= 15 is 0 Å². The van der Waals surface area contributed by atoms with Crippen molar-refractivity contribution in [3.8, 4) is 5.75 Å². The molecule has 1 aliphatic rings. The Morgan fingerprint density at radius 2 is 2.05 bits per heavy atom. The molecule has 0 bridgehead atoms. The highest BCUT2D eigenvalue weighted by Gasteiger charge is 2.23. The van der Waals surface area contributed by atoms with Gasteiger partial charge in [-0.3, -0.25) is 4.79 Å². The highest BCUT2D eigenvalue weighted by atomic mass is 16.6. The van der Waals surface area contributed by atoms with Crippen molar-refractivity contribution in [3.05, 3.63) is 29.8 Å². The van der Waals surface area contributed by atoms with Crippen LogP contribution in [0.4, 0.5) is 0 Å². The van der Waals surface area contributed by atoms with Gasteiger partial charge in [0.2, 0.25) is 5.91 Å². The Hall–Kier alpha value is -2.08. The number of carbonyl (C=O) groups excluding carboxylic acids is 2. The number of amides is 1. The molecule has 1 N–H and O–H groups in total. The Morgan fingerprint density at radius 1 is 1.35 bits per heavy atom. The lowest BCUT2D eigenvalue weighted by molar-refractivity contribution is -0.119. The molecule has 1 aromatic rings. The lowest BCUT2D eigenvalue weighted by Gasteiger charge is -2.07. The molecule has 20 heavy (non-hydrogen) atoms. The molecule has 6 nitrogen and oxygen atoms in total. The smallest absolute Gasteiger partial charge is 0.338 e. The van der Waals surface area contributed by atoms with Crippen molar-refractivity contribution in [2.75, 3.05) is 26.4 Å². The number of hydrogen-bond acceptors (Lipinski definition) is 5. The van der Waals surface area contributed by atoms with Crippen molar-refractivity contribution in [3.63, 3.8) is 0 Å². The molecule has 1 amide bonds. The van der Waals surface area contributed by atoms with Gasteiger partial charge in [0.15, 0.2) is 0 Å². The number of ether oxygens (including phenoxy) is 3. The van der Waals surface area contributed by atoms with Crippen LogP contribution in [-0.2, 0) is 14.3 Å². The van der Waals surface area contributed by atoms with Gasteiger partial charge in [-0.05, 0) is 24.3 Å². The standard InChI is InChI=1S/C14H17NO5/c1-10(16)15-6-7-18-14(17)11-2-4-12(5-3-11)19-8-13-9-20-13/h2-5,13H,6-9H2,1H3,(H,15,16). The number of carbonyl (C=O) groups is 2. The Labute approximate surface area is 117 Å². The second-order valence-electron chi connectivity index (χ2n) is 4.41. The van der Waals surface area contributed by atoms with E-state index < -0.39 is 5.97 Å². The molecule has 6 heteroatoms. The summed E-state index contributed by atoms with van der Waals surface area (Å²) in [5, 5.41) is 2.55. The van der Waals surface area contributed by atoms with Gasteiger partial charge in [0.25, 0.3) is 0 Å². The molecule has 1 heterocycles. The minimum atomic E-state index is -0.424. The minimum Gasteiger partial charge on any atom is -0.491 e. The van der Waals surface area contributed by atoms with Gasteiger partial charge in [-0.1, -0.05) is 0 Å². The van der Waals surface area contributed by atoms with E-state index in [2.05, 4.69) is 5.32 Å². The fourth-order valence-corrected chi connectivity index (χ4v) is 1.49. The van der Waals surface area contributed by atoms with Gasteiger partial charge in [0.05, 0.1) is 18.7 Å². The van der Waals surface area contributed by atoms with Crippen LogP contribution in [0.3, 0.4) is 0 Å². The quantitative estimate of drug-likeness (QED) is 0.453. The van der Waals surface area contributed by atoms with E-state index in [0.717, 1.165) is 6.61 Å². The van der Waals surface area contributed by atoms with E-state index in [1.165, 1.54) is 6.92 Å². The van der Waals surface area contributed by atoms with Crippen LogP contribution in [0.1, 0.15) is 17.3 Å². The number of hydrogen-bond donors (Lipinski definition) is 1. The van der Waals surface area contributed by atoms with E-state index in [1.807, 2.05) is 0 Å². The Kier molecular flexibility index (Phi) is 4.95. The molecule has 1 atom stereocenters. The summed E-state index contributed by atoms with van der Waals surface area (Å²) in [6.07, 6.45) is 0.202. The average molecular weight is 279 g/mol. The van der Waals surface area contributed by atoms with E-state index in [-0.39, 0.29) is 18.6 Å². The lowest BCUT2D eigenvalue weighted by atomic mass is 10.2. The third kappa shape index (κ3) is 4.89. The zero-order chi connectivity index (χ0) is 14.4. The average Bonchev–Trinajstić information content (AvgIpc) is 3.25. The molecular formula is C14H17NO5. The maximum absolute atomic E-state index is 11.7. The molecule has 1 fully saturated rings. The van der Waals surface area contributed by atoms with Crippen molar-refractivity contribution < 1.29 is 23.8 Å². The summed E-state index contributed by atoms with van der Waals surface area (Å²) in [7, 11) is 0. The van der Waals surface area contributed by atoms with Crippen molar-refractivity contribution in [2.24, 2.45) is 0 Å². The van der Waals surface area contributed by atoms with Crippen LogP contribution < -0.4 is 10.1 Å². The number of esters is 1. The zero-order valence-corrected chi connectivity index (χ0v) is 11.3. The van der Waals surface area contributed by atoms with E-state index in [4.69, 9.17) is 14.2 Å². The molecule has 108 valence electrons. The van der Waals surface area contributed by atoms with Gasteiger partial charge in [0.1, 0.15) is 25.1 Å². The molecule has 0 radical (unpaired) electrons. The number of benzene rings is 1. The normalized spacial score (nSPS) is 16.4. The van der Waals surface area contributed by atoms with Crippen LogP contribution >= 0.6 is 0 Å². The van der Waals surface area contributed by atoms with Gasteiger partial charge < -0.3 is 19.5 Å². The summed E-state index contributed by atoms with van der Waals surface area (Å²) in [6.45, 7) is 3.14. The molecule has 0 aromatic heterocycles. The van der Waals surface area contributed by atoms with Gasteiger partial charge in [-0.15, -0.1) is 0 Å². The summed E-state index contributed by atoms with van der Waals surface area (Å²) in [5.41, 5.74) is 0.447. The molecule has 1 unspecified atom stereocenters. The highest BCUT2D eigenvalue weighted by Crippen LogP contribution is 2.16. The Morgan fingerprint density at radius 3 is 2.65 bits per heavy atom. The number of rotatable bonds is 7. The van der Waals surface area contributed by atoms with Crippen LogP contribution in [0.5, 0.6) is 5.75 Å². The van der Waals surface area contributed by atoms with Crippen molar-refractivity contribution in [2.45, 2.75) is 13.0 Å². The fraction of sp³-hybridized carbons (Fsp3) is 0.429. The maximum atomic E-state index is 11.7. The van der Waals surface area contributed by atoms with Crippen LogP contribution in [0.25, 0.3) is 0 Å². The summed E-state index contributed by atoms with van der Waals surface area (Å²) in [6, 6.07) is 6.72. The van der Waals surface area contributed by atoms with Crippen LogP contribution in [0, 0.1) is 0 Å². The predicted molar refractivity (Wildman–Crippen MR) is 70.6 cm³/mol. The third-order valence-corrected chi connectivity index (χ3v) is 2.64.